The molecule has 0 aromatic heterocycles. The summed E-state index contributed by atoms with van der Waals surface area (Å²) in [4.78, 5) is 9.12. The van der Waals surface area contributed by atoms with Gasteiger partial charge in [0.15, 0.2) is 0 Å². The van der Waals surface area contributed by atoms with Crippen LogP contribution in [0.25, 0.3) is 0 Å². The second-order valence-corrected chi connectivity index (χ2v) is 5.25. The van der Waals surface area contributed by atoms with Crippen molar-refractivity contribution >= 4 is 0 Å². The van der Waals surface area contributed by atoms with E-state index in [-0.39, 0.29) is 0 Å². The van der Waals surface area contributed by atoms with Crippen molar-refractivity contribution in [2.24, 2.45) is 5.92 Å². The second kappa shape index (κ2) is 16.4. The predicted molar refractivity (Wildman–Crippen MR) is 76.9 cm³/mol. The standard InChI is InChI=1S/C15H30O5/c1-4-13-16-18-20-19-17-14-11-9-7-5-6-8-10-12-15(2)3/h4,13,15H,5-12,14H2,1-3H3. The van der Waals surface area contributed by atoms with E-state index in [1.165, 1.54) is 44.8 Å². The highest BCUT2D eigenvalue weighted by Crippen LogP contribution is 2.11. The van der Waals surface area contributed by atoms with Gasteiger partial charge in [-0.3, -0.25) is 0 Å². The molecule has 0 aliphatic carbocycles. The van der Waals surface area contributed by atoms with Gasteiger partial charge in [-0.2, -0.15) is 0 Å². The van der Waals surface area contributed by atoms with Crippen LogP contribution in [0.5, 0.6) is 0 Å². The first kappa shape index (κ1) is 19.4. The van der Waals surface area contributed by atoms with Crippen molar-refractivity contribution in [1.29, 1.82) is 0 Å². The van der Waals surface area contributed by atoms with E-state index in [0.717, 1.165) is 18.8 Å². The highest BCUT2D eigenvalue weighted by molar-refractivity contribution is 4.62. The molecule has 0 fully saturated rings. The minimum absolute atomic E-state index is 0.486. The van der Waals surface area contributed by atoms with E-state index < -0.39 is 0 Å². The third-order valence-corrected chi connectivity index (χ3v) is 2.84. The highest BCUT2D eigenvalue weighted by atomic mass is 17.8. The molecule has 0 aliphatic rings. The topological polar surface area (TPSA) is 46.2 Å². The number of hydrogen-bond donors (Lipinski definition) is 0. The van der Waals surface area contributed by atoms with Crippen LogP contribution in [0, 0.1) is 5.92 Å². The van der Waals surface area contributed by atoms with Gasteiger partial charge < -0.3 is 4.89 Å². The number of unbranched alkanes of at least 4 members (excludes halogenated alkanes) is 6. The molecule has 0 aromatic carbocycles. The molecule has 0 atom stereocenters. The summed E-state index contributed by atoms with van der Waals surface area (Å²) in [7, 11) is 0. The summed E-state index contributed by atoms with van der Waals surface area (Å²) in [5.74, 6) is 0.835. The van der Waals surface area contributed by atoms with Crippen LogP contribution in [-0.2, 0) is 24.9 Å². The molecule has 0 N–H and O–H groups in total. The summed E-state index contributed by atoms with van der Waals surface area (Å²) in [6.45, 7) is 6.83. The Bertz CT molecular complexity index is 206. The fraction of sp³-hybridized carbons (Fsp3) is 0.867. The van der Waals surface area contributed by atoms with Crippen LogP contribution in [0.4, 0.5) is 0 Å². The quantitative estimate of drug-likeness (QED) is 0.183. The molecule has 0 spiro atoms. The Balaban J connectivity index is 2.96. The highest BCUT2D eigenvalue weighted by Gasteiger charge is 1.96. The zero-order chi connectivity index (χ0) is 14.9. The van der Waals surface area contributed by atoms with E-state index in [0.29, 0.717) is 6.61 Å². The molecular weight excluding hydrogens is 260 g/mol. The smallest absolute Gasteiger partial charge is 0.128 e. The van der Waals surface area contributed by atoms with E-state index in [1.807, 2.05) is 0 Å². The minimum Gasteiger partial charge on any atom is -0.314 e. The molecule has 0 saturated heterocycles. The van der Waals surface area contributed by atoms with Gasteiger partial charge in [-0.1, -0.05) is 58.8 Å². The molecule has 0 bridgehead atoms. The maximum atomic E-state index is 4.73. The maximum absolute atomic E-state index is 4.73. The van der Waals surface area contributed by atoms with E-state index >= 15 is 0 Å². The molecule has 0 aliphatic heterocycles. The van der Waals surface area contributed by atoms with Gasteiger partial charge in [-0.15, -0.1) is 0 Å². The van der Waals surface area contributed by atoms with Crippen molar-refractivity contribution in [1.82, 2.24) is 0 Å². The van der Waals surface area contributed by atoms with Crippen LogP contribution in [0.15, 0.2) is 12.3 Å². The van der Waals surface area contributed by atoms with Crippen molar-refractivity contribution in [3.8, 4) is 0 Å². The van der Waals surface area contributed by atoms with Crippen molar-refractivity contribution in [3.05, 3.63) is 12.3 Å². The molecule has 0 unspecified atom stereocenters. The largest absolute Gasteiger partial charge is 0.314 e. The van der Waals surface area contributed by atoms with E-state index in [1.54, 1.807) is 13.0 Å². The Morgan fingerprint density at radius 1 is 0.800 bits per heavy atom. The van der Waals surface area contributed by atoms with Crippen LogP contribution >= 0.6 is 0 Å². The lowest BCUT2D eigenvalue weighted by atomic mass is 10.0. The van der Waals surface area contributed by atoms with E-state index in [4.69, 9.17) is 4.89 Å². The molecule has 0 radical (unpaired) electrons. The van der Waals surface area contributed by atoms with E-state index in [2.05, 4.69) is 33.8 Å². The van der Waals surface area contributed by atoms with Gasteiger partial charge in [0.2, 0.25) is 0 Å². The fourth-order valence-corrected chi connectivity index (χ4v) is 1.76. The third-order valence-electron chi connectivity index (χ3n) is 2.84. The summed E-state index contributed by atoms with van der Waals surface area (Å²) >= 11 is 0. The lowest BCUT2D eigenvalue weighted by molar-refractivity contribution is -0.700. The fourth-order valence-electron chi connectivity index (χ4n) is 1.76. The maximum Gasteiger partial charge on any atom is 0.128 e. The molecule has 0 heterocycles. The van der Waals surface area contributed by atoms with E-state index in [9.17, 15) is 0 Å². The van der Waals surface area contributed by atoms with Gasteiger partial charge in [-0.25, -0.2) is 4.89 Å². The second-order valence-electron chi connectivity index (χ2n) is 5.25. The number of hydrogen-bond acceptors (Lipinski definition) is 5. The summed E-state index contributed by atoms with van der Waals surface area (Å²) in [6.07, 6.45) is 13.0. The molecule has 0 amide bonds. The summed E-state index contributed by atoms with van der Waals surface area (Å²) in [6, 6.07) is 0. The van der Waals surface area contributed by atoms with Crippen LogP contribution in [0.2, 0.25) is 0 Å². The summed E-state index contributed by atoms with van der Waals surface area (Å²) in [5.41, 5.74) is 0. The van der Waals surface area contributed by atoms with Crippen molar-refractivity contribution in [2.45, 2.75) is 72.1 Å². The molecule has 0 rings (SSSR count). The summed E-state index contributed by atoms with van der Waals surface area (Å²) in [5, 5.41) is 12.6. The van der Waals surface area contributed by atoms with Crippen LogP contribution in [-0.4, -0.2) is 6.61 Å². The monoisotopic (exact) mass is 290 g/mol. The summed E-state index contributed by atoms with van der Waals surface area (Å²) < 4.78 is 0. The Morgan fingerprint density at radius 3 is 2.10 bits per heavy atom. The first-order valence-corrected chi connectivity index (χ1v) is 7.66. The lowest BCUT2D eigenvalue weighted by Crippen LogP contribution is -1.99. The average Bonchev–Trinajstić information content (AvgIpc) is 2.43. The Hall–Kier alpha value is -0.620. The predicted octanol–water partition coefficient (Wildman–Crippen LogP) is 5.04. The zero-order valence-corrected chi connectivity index (χ0v) is 13.1. The van der Waals surface area contributed by atoms with Crippen molar-refractivity contribution in [3.63, 3.8) is 0 Å². The van der Waals surface area contributed by atoms with Crippen LogP contribution in [0.1, 0.15) is 72.1 Å². The third kappa shape index (κ3) is 17.4. The molecule has 120 valence electrons. The Kier molecular flexibility index (Phi) is 15.9. The Morgan fingerprint density at radius 2 is 1.45 bits per heavy atom. The molecular formula is C15H30O5. The molecule has 0 saturated carbocycles. The average molecular weight is 290 g/mol. The first-order chi connectivity index (χ1) is 9.77. The molecule has 0 aromatic rings. The SMILES string of the molecule is CC=COOOOOCCCCCCCCCC(C)C. The van der Waals surface area contributed by atoms with Gasteiger partial charge in [-0.05, 0) is 30.4 Å². The van der Waals surface area contributed by atoms with Gasteiger partial charge in [0, 0.05) is 10.1 Å². The zero-order valence-electron chi connectivity index (χ0n) is 13.1. The number of rotatable bonds is 15. The number of allylic oxidation sites excluding steroid dienone is 1. The Labute approximate surface area is 122 Å². The van der Waals surface area contributed by atoms with Crippen LogP contribution < -0.4 is 0 Å². The van der Waals surface area contributed by atoms with Crippen LogP contribution in [0.3, 0.4) is 0 Å². The minimum atomic E-state index is 0.486. The van der Waals surface area contributed by atoms with Gasteiger partial charge in [0.05, 0.1) is 6.61 Å². The lowest BCUT2D eigenvalue weighted by Gasteiger charge is -2.04. The van der Waals surface area contributed by atoms with Crippen molar-refractivity contribution < 1.29 is 24.9 Å². The molecule has 5 nitrogen and oxygen atoms in total. The van der Waals surface area contributed by atoms with Crippen molar-refractivity contribution in [2.75, 3.05) is 6.61 Å². The molecule has 5 heteroatoms. The van der Waals surface area contributed by atoms with Gasteiger partial charge in [0.1, 0.15) is 6.26 Å². The van der Waals surface area contributed by atoms with Gasteiger partial charge >= 0.3 is 0 Å². The normalized spacial score (nSPS) is 11.6. The molecule has 20 heavy (non-hydrogen) atoms. The first-order valence-electron chi connectivity index (χ1n) is 7.66. The van der Waals surface area contributed by atoms with Gasteiger partial charge in [0.25, 0.3) is 0 Å².